The number of carbonyl (C=O) groups is 2. The number of carboxylic acid groups (broad SMARTS) is 2. The smallest absolute Gasteiger partial charge is 0.321 e. The molecule has 0 amide bonds. The third kappa shape index (κ3) is 12.8. The van der Waals surface area contributed by atoms with E-state index in [4.69, 9.17) is 27.4 Å². The molecule has 0 aromatic carbocycles. The molecule has 2 atom stereocenters. The summed E-state index contributed by atoms with van der Waals surface area (Å²) in [5.41, 5.74) is 15.0. The first-order chi connectivity index (χ1) is 7.86. The van der Waals surface area contributed by atoms with Crippen LogP contribution in [0.1, 0.15) is 32.6 Å². The van der Waals surface area contributed by atoms with E-state index < -0.39 is 24.0 Å². The van der Waals surface area contributed by atoms with Crippen LogP contribution < -0.4 is 17.2 Å². The van der Waals surface area contributed by atoms with Gasteiger partial charge in [0.1, 0.15) is 12.1 Å². The van der Waals surface area contributed by atoms with Crippen LogP contribution in [0.15, 0.2) is 0 Å². The first-order valence-corrected chi connectivity index (χ1v) is 5.53. The van der Waals surface area contributed by atoms with Crippen LogP contribution in [0.2, 0.25) is 0 Å². The average molecular weight is 249 g/mol. The van der Waals surface area contributed by atoms with Gasteiger partial charge < -0.3 is 27.4 Å². The third-order valence-corrected chi connectivity index (χ3v) is 2.01. The lowest BCUT2D eigenvalue weighted by Crippen LogP contribution is -2.37. The molecule has 0 heterocycles. The molecule has 0 aromatic rings. The first kappa shape index (κ1) is 18.2. The van der Waals surface area contributed by atoms with E-state index in [9.17, 15) is 9.59 Å². The largest absolute Gasteiger partial charge is 0.480 e. The maximum atomic E-state index is 10.2. The molecule has 0 bridgehead atoms. The number of unbranched alkanes of at least 4 members (excludes halogenated alkanes) is 2. The molecular weight excluding hydrogens is 226 g/mol. The summed E-state index contributed by atoms with van der Waals surface area (Å²) < 4.78 is 0. The van der Waals surface area contributed by atoms with Crippen LogP contribution in [-0.4, -0.2) is 40.8 Å². The molecule has 0 rings (SSSR count). The lowest BCUT2D eigenvalue weighted by Gasteiger charge is -2.03. The predicted molar refractivity (Wildman–Crippen MR) is 64.4 cm³/mol. The molecule has 17 heavy (non-hydrogen) atoms. The molecule has 7 nitrogen and oxygen atoms in total. The van der Waals surface area contributed by atoms with Gasteiger partial charge in [0.25, 0.3) is 0 Å². The van der Waals surface area contributed by atoms with Gasteiger partial charge in [-0.15, -0.1) is 0 Å². The Kier molecular flexibility index (Phi) is 12.1. The summed E-state index contributed by atoms with van der Waals surface area (Å²) in [5, 5.41) is 16.3. The normalized spacial score (nSPS) is 13.2. The third-order valence-electron chi connectivity index (χ3n) is 2.01. The Morgan fingerprint density at radius 3 is 1.76 bits per heavy atom. The van der Waals surface area contributed by atoms with Gasteiger partial charge in [0, 0.05) is 6.54 Å². The topological polar surface area (TPSA) is 153 Å². The number of carboxylic acids is 2. The molecule has 1 unspecified atom stereocenters. The molecule has 0 spiro atoms. The maximum absolute atomic E-state index is 10.2. The fourth-order valence-electron chi connectivity index (χ4n) is 0.839. The molecule has 0 fully saturated rings. The van der Waals surface area contributed by atoms with Gasteiger partial charge in [-0.2, -0.15) is 0 Å². The standard InChI is InChI=1S/C7H15NO2.C3H8N2O2/c1-2-3-4-5-6(8)7(9)10;4-1-2(5)3(6)7/h6H,2-5,8H2,1H3,(H,9,10);2H,1,4-5H2,(H,6,7)/t6-;/m0./s1. The minimum absolute atomic E-state index is 0.00463. The zero-order valence-corrected chi connectivity index (χ0v) is 10.1. The van der Waals surface area contributed by atoms with Gasteiger partial charge in [-0.05, 0) is 6.42 Å². The highest BCUT2D eigenvalue weighted by molar-refractivity contribution is 5.73. The average Bonchev–Trinajstić information content (AvgIpc) is 2.28. The Morgan fingerprint density at radius 1 is 1.06 bits per heavy atom. The van der Waals surface area contributed by atoms with Gasteiger partial charge in [0.15, 0.2) is 0 Å². The van der Waals surface area contributed by atoms with Crippen LogP contribution in [0.5, 0.6) is 0 Å². The van der Waals surface area contributed by atoms with E-state index in [1.807, 2.05) is 0 Å². The molecule has 0 aliphatic carbocycles. The number of hydrogen-bond donors (Lipinski definition) is 5. The van der Waals surface area contributed by atoms with E-state index in [2.05, 4.69) is 6.92 Å². The van der Waals surface area contributed by atoms with Crippen molar-refractivity contribution < 1.29 is 19.8 Å². The van der Waals surface area contributed by atoms with Gasteiger partial charge in [-0.1, -0.05) is 26.2 Å². The highest BCUT2D eigenvalue weighted by Gasteiger charge is 2.09. The van der Waals surface area contributed by atoms with E-state index in [0.29, 0.717) is 6.42 Å². The van der Waals surface area contributed by atoms with E-state index in [1.54, 1.807) is 0 Å². The van der Waals surface area contributed by atoms with Crippen molar-refractivity contribution in [1.29, 1.82) is 0 Å². The summed E-state index contributed by atoms with van der Waals surface area (Å²) in [7, 11) is 0. The number of nitrogens with two attached hydrogens (primary N) is 3. The number of hydrogen-bond acceptors (Lipinski definition) is 5. The zero-order valence-electron chi connectivity index (χ0n) is 10.1. The zero-order chi connectivity index (χ0) is 13.8. The Bertz CT molecular complexity index is 224. The van der Waals surface area contributed by atoms with Crippen molar-refractivity contribution >= 4 is 11.9 Å². The van der Waals surface area contributed by atoms with Crippen molar-refractivity contribution in [2.75, 3.05) is 6.54 Å². The molecule has 0 saturated carbocycles. The van der Waals surface area contributed by atoms with Gasteiger partial charge in [-0.25, -0.2) is 0 Å². The summed E-state index contributed by atoms with van der Waals surface area (Å²) in [5.74, 6) is -1.95. The number of aliphatic carboxylic acids is 2. The lowest BCUT2D eigenvalue weighted by molar-refractivity contribution is -0.139. The second-order valence-corrected chi connectivity index (χ2v) is 3.62. The van der Waals surface area contributed by atoms with Gasteiger partial charge in [-0.3, -0.25) is 9.59 Å². The van der Waals surface area contributed by atoms with E-state index in [-0.39, 0.29) is 6.54 Å². The maximum Gasteiger partial charge on any atom is 0.321 e. The summed E-state index contributed by atoms with van der Waals surface area (Å²) in [6, 6.07) is -1.56. The fraction of sp³-hybridized carbons (Fsp3) is 0.800. The van der Waals surface area contributed by atoms with Gasteiger partial charge in [0.05, 0.1) is 0 Å². The second kappa shape index (κ2) is 11.3. The SMILES string of the molecule is CCCCC[C@H](N)C(=O)O.NCC(N)C(=O)O. The fourth-order valence-corrected chi connectivity index (χ4v) is 0.839. The predicted octanol–water partition coefficient (Wildman–Crippen LogP) is -0.664. The quantitative estimate of drug-likeness (QED) is 0.375. The monoisotopic (exact) mass is 249 g/mol. The molecule has 0 aliphatic heterocycles. The van der Waals surface area contributed by atoms with Crippen LogP contribution in [0.4, 0.5) is 0 Å². The molecule has 0 aromatic heterocycles. The minimum Gasteiger partial charge on any atom is -0.480 e. The van der Waals surface area contributed by atoms with Crippen LogP contribution in [-0.2, 0) is 9.59 Å². The van der Waals surface area contributed by atoms with Gasteiger partial charge >= 0.3 is 11.9 Å². The van der Waals surface area contributed by atoms with Crippen LogP contribution in [0, 0.1) is 0 Å². The Labute approximate surface area is 101 Å². The molecular formula is C10H23N3O4. The van der Waals surface area contributed by atoms with Crippen molar-refractivity contribution in [3.05, 3.63) is 0 Å². The van der Waals surface area contributed by atoms with E-state index >= 15 is 0 Å². The second-order valence-electron chi connectivity index (χ2n) is 3.62. The molecule has 0 aliphatic rings. The summed E-state index contributed by atoms with van der Waals surface area (Å²) in [6.45, 7) is 2.07. The molecule has 0 saturated heterocycles. The van der Waals surface area contributed by atoms with Crippen LogP contribution in [0.25, 0.3) is 0 Å². The van der Waals surface area contributed by atoms with Crippen molar-refractivity contribution in [1.82, 2.24) is 0 Å². The van der Waals surface area contributed by atoms with Crippen LogP contribution >= 0.6 is 0 Å². The molecule has 102 valence electrons. The van der Waals surface area contributed by atoms with E-state index in [0.717, 1.165) is 19.3 Å². The Morgan fingerprint density at radius 2 is 1.53 bits per heavy atom. The minimum atomic E-state index is -1.05. The lowest BCUT2D eigenvalue weighted by atomic mass is 10.1. The molecule has 8 N–H and O–H groups in total. The van der Waals surface area contributed by atoms with Crippen molar-refractivity contribution in [3.63, 3.8) is 0 Å². The van der Waals surface area contributed by atoms with Gasteiger partial charge in [0.2, 0.25) is 0 Å². The molecule has 7 heteroatoms. The Balaban J connectivity index is 0. The highest BCUT2D eigenvalue weighted by Crippen LogP contribution is 2.01. The number of rotatable bonds is 7. The van der Waals surface area contributed by atoms with Crippen molar-refractivity contribution in [2.24, 2.45) is 17.2 Å². The van der Waals surface area contributed by atoms with Crippen LogP contribution in [0.3, 0.4) is 0 Å². The Hall–Kier alpha value is -1.18. The summed E-state index contributed by atoms with van der Waals surface area (Å²) >= 11 is 0. The summed E-state index contributed by atoms with van der Waals surface area (Å²) in [4.78, 5) is 19.9. The summed E-state index contributed by atoms with van der Waals surface area (Å²) in [6.07, 6.45) is 3.69. The van der Waals surface area contributed by atoms with Crippen molar-refractivity contribution in [2.45, 2.75) is 44.7 Å². The highest BCUT2D eigenvalue weighted by atomic mass is 16.4. The van der Waals surface area contributed by atoms with E-state index in [1.165, 1.54) is 0 Å². The molecule has 0 radical (unpaired) electrons. The first-order valence-electron chi connectivity index (χ1n) is 5.53. The van der Waals surface area contributed by atoms with Crippen molar-refractivity contribution in [3.8, 4) is 0 Å².